The maximum atomic E-state index is 14.1. The van der Waals surface area contributed by atoms with Crippen LogP contribution in [-0.2, 0) is 17.8 Å². The minimum Gasteiger partial charge on any atom is -0.493 e. The smallest absolute Gasteiger partial charge is 0.261 e. The molecule has 9 heteroatoms. The Balaban J connectivity index is 1.76. The lowest BCUT2D eigenvalue weighted by molar-refractivity contribution is 0.0575. The molecule has 0 aliphatic carbocycles. The molecular formula is C30H30F3N3O3. The summed E-state index contributed by atoms with van der Waals surface area (Å²) in [6, 6.07) is 12.6. The number of ether oxygens (including phenoxy) is 1. The highest BCUT2D eigenvalue weighted by atomic mass is 19.1. The number of pyridine rings is 1. The average molecular weight is 538 g/mol. The molecule has 0 radical (unpaired) electrons. The number of rotatable bonds is 9. The van der Waals surface area contributed by atoms with Crippen LogP contribution in [-0.4, -0.2) is 25.7 Å². The van der Waals surface area contributed by atoms with E-state index in [1.807, 2.05) is 26.0 Å². The fourth-order valence-electron chi connectivity index (χ4n) is 4.60. The lowest BCUT2D eigenvalue weighted by Gasteiger charge is -2.24. The number of aryl methyl sites for hydroxylation is 1. The Hall–Kier alpha value is -3.98. The van der Waals surface area contributed by atoms with Crippen LogP contribution in [0.3, 0.4) is 0 Å². The zero-order valence-corrected chi connectivity index (χ0v) is 22.2. The molecule has 2 heterocycles. The quantitative estimate of drug-likeness (QED) is 0.255. The van der Waals surface area contributed by atoms with Crippen molar-refractivity contribution in [1.29, 1.82) is 0 Å². The molecule has 0 fully saturated rings. The number of halogens is 3. The molecule has 0 saturated carbocycles. The normalized spacial score (nSPS) is 12.2. The molecular weight excluding hydrogens is 507 g/mol. The standard InChI is InChI=1S/C30H30F3N3O3/c1-5-26(21-13-22(31)15-23(32)14-21)36-28(16-39-17(2)3)35-29(37)25(30(36)38)12-19-6-8-20(9-7-19)24-10-11-27(33)34-18(24)4/h6-11,13-15,17,26,37H,5,12,16H2,1-4H3. The largest absolute Gasteiger partial charge is 0.493 e. The Morgan fingerprint density at radius 3 is 2.23 bits per heavy atom. The monoisotopic (exact) mass is 537 g/mol. The van der Waals surface area contributed by atoms with Gasteiger partial charge in [0, 0.05) is 23.7 Å². The molecule has 1 unspecified atom stereocenters. The molecule has 1 atom stereocenters. The summed E-state index contributed by atoms with van der Waals surface area (Å²) in [6.07, 6.45) is 0.225. The Kier molecular flexibility index (Phi) is 8.50. The van der Waals surface area contributed by atoms with E-state index in [2.05, 4.69) is 9.97 Å². The first-order valence-corrected chi connectivity index (χ1v) is 12.7. The van der Waals surface area contributed by atoms with Crippen LogP contribution < -0.4 is 5.56 Å². The molecule has 2 aromatic heterocycles. The lowest BCUT2D eigenvalue weighted by Crippen LogP contribution is -2.33. The van der Waals surface area contributed by atoms with Gasteiger partial charge in [-0.3, -0.25) is 9.36 Å². The van der Waals surface area contributed by atoms with E-state index in [4.69, 9.17) is 4.74 Å². The van der Waals surface area contributed by atoms with Crippen molar-refractivity contribution in [3.8, 4) is 17.0 Å². The van der Waals surface area contributed by atoms with Crippen LogP contribution in [0.25, 0.3) is 11.1 Å². The van der Waals surface area contributed by atoms with Crippen LogP contribution in [0.4, 0.5) is 13.2 Å². The molecule has 0 amide bonds. The van der Waals surface area contributed by atoms with Crippen LogP contribution in [0.15, 0.2) is 59.4 Å². The Bertz CT molecular complexity index is 1520. The number of benzene rings is 2. The number of nitrogens with zero attached hydrogens (tertiary/aromatic N) is 3. The third-order valence-corrected chi connectivity index (χ3v) is 6.47. The van der Waals surface area contributed by atoms with Gasteiger partial charge >= 0.3 is 0 Å². The summed E-state index contributed by atoms with van der Waals surface area (Å²) in [5.41, 5.74) is 2.67. The van der Waals surface area contributed by atoms with Gasteiger partial charge in [-0.2, -0.15) is 9.37 Å². The number of hydrogen-bond acceptors (Lipinski definition) is 5. The molecule has 0 bridgehead atoms. The van der Waals surface area contributed by atoms with Crippen molar-refractivity contribution in [2.45, 2.75) is 59.3 Å². The van der Waals surface area contributed by atoms with E-state index in [0.29, 0.717) is 12.1 Å². The van der Waals surface area contributed by atoms with E-state index < -0.39 is 35.1 Å². The van der Waals surface area contributed by atoms with Gasteiger partial charge in [-0.15, -0.1) is 0 Å². The summed E-state index contributed by atoms with van der Waals surface area (Å²) in [6.45, 7) is 7.09. The van der Waals surface area contributed by atoms with Crippen LogP contribution in [0, 0.1) is 24.5 Å². The SMILES string of the molecule is CCC(c1cc(F)cc(F)c1)n1c(COC(C)C)nc(O)c(Cc2ccc(-c3ccc(F)nc3C)cc2)c1=O. The highest BCUT2D eigenvalue weighted by Gasteiger charge is 2.24. The Morgan fingerprint density at radius 2 is 1.64 bits per heavy atom. The predicted octanol–water partition coefficient (Wildman–Crippen LogP) is 6.25. The number of hydrogen-bond donors (Lipinski definition) is 1. The van der Waals surface area contributed by atoms with Crippen molar-refractivity contribution in [1.82, 2.24) is 14.5 Å². The van der Waals surface area contributed by atoms with Crippen molar-refractivity contribution < 1.29 is 23.0 Å². The Morgan fingerprint density at radius 1 is 0.974 bits per heavy atom. The molecule has 1 N–H and O–H groups in total. The van der Waals surface area contributed by atoms with Gasteiger partial charge in [-0.1, -0.05) is 31.2 Å². The topological polar surface area (TPSA) is 77.2 Å². The molecule has 4 rings (SSSR count). The third kappa shape index (κ3) is 6.37. The minimum absolute atomic E-state index is 0.0472. The van der Waals surface area contributed by atoms with E-state index in [1.54, 1.807) is 32.0 Å². The van der Waals surface area contributed by atoms with Crippen molar-refractivity contribution in [2.24, 2.45) is 0 Å². The van der Waals surface area contributed by atoms with E-state index in [0.717, 1.165) is 22.8 Å². The van der Waals surface area contributed by atoms with Gasteiger partial charge in [0.2, 0.25) is 11.8 Å². The molecule has 6 nitrogen and oxygen atoms in total. The van der Waals surface area contributed by atoms with Crippen LogP contribution >= 0.6 is 0 Å². The van der Waals surface area contributed by atoms with Gasteiger partial charge in [0.15, 0.2) is 0 Å². The summed E-state index contributed by atoms with van der Waals surface area (Å²) >= 11 is 0. The van der Waals surface area contributed by atoms with Gasteiger partial charge in [-0.05, 0) is 68.1 Å². The fourth-order valence-corrected chi connectivity index (χ4v) is 4.60. The van der Waals surface area contributed by atoms with Crippen molar-refractivity contribution in [3.63, 3.8) is 0 Å². The van der Waals surface area contributed by atoms with Crippen molar-refractivity contribution >= 4 is 0 Å². The van der Waals surface area contributed by atoms with E-state index >= 15 is 0 Å². The number of aromatic nitrogens is 3. The first kappa shape index (κ1) is 28.0. The summed E-state index contributed by atoms with van der Waals surface area (Å²) < 4.78 is 48.6. The zero-order chi connectivity index (χ0) is 28.3. The second kappa shape index (κ2) is 11.8. The second-order valence-electron chi connectivity index (χ2n) is 9.63. The molecule has 4 aromatic rings. The van der Waals surface area contributed by atoms with Crippen molar-refractivity contribution in [3.05, 3.63) is 111 Å². The maximum absolute atomic E-state index is 14.1. The van der Waals surface area contributed by atoms with Gasteiger partial charge in [0.1, 0.15) is 24.1 Å². The van der Waals surface area contributed by atoms with Gasteiger partial charge in [-0.25, -0.2) is 13.8 Å². The zero-order valence-electron chi connectivity index (χ0n) is 22.2. The summed E-state index contributed by atoms with van der Waals surface area (Å²) in [7, 11) is 0. The summed E-state index contributed by atoms with van der Waals surface area (Å²) in [5, 5.41) is 10.8. The summed E-state index contributed by atoms with van der Waals surface area (Å²) in [5.74, 6) is -2.34. The molecule has 0 saturated heterocycles. The fraction of sp³-hybridized carbons (Fsp3) is 0.300. The lowest BCUT2D eigenvalue weighted by atomic mass is 9.99. The molecule has 0 spiro atoms. The second-order valence-corrected chi connectivity index (χ2v) is 9.63. The van der Waals surface area contributed by atoms with Crippen LogP contribution in [0.2, 0.25) is 0 Å². The minimum atomic E-state index is -0.755. The molecule has 39 heavy (non-hydrogen) atoms. The average Bonchev–Trinajstić information content (AvgIpc) is 2.87. The third-order valence-electron chi connectivity index (χ3n) is 6.47. The van der Waals surface area contributed by atoms with E-state index in [-0.39, 0.29) is 36.1 Å². The molecule has 2 aromatic carbocycles. The molecule has 0 aliphatic rings. The van der Waals surface area contributed by atoms with Gasteiger partial charge in [0.05, 0.1) is 17.7 Å². The highest BCUT2D eigenvalue weighted by molar-refractivity contribution is 5.65. The molecule has 204 valence electrons. The predicted molar refractivity (Wildman–Crippen MR) is 142 cm³/mol. The first-order valence-electron chi connectivity index (χ1n) is 12.7. The van der Waals surface area contributed by atoms with Gasteiger partial charge in [0.25, 0.3) is 5.56 Å². The van der Waals surface area contributed by atoms with Gasteiger partial charge < -0.3 is 9.84 Å². The van der Waals surface area contributed by atoms with E-state index in [1.165, 1.54) is 22.8 Å². The first-order chi connectivity index (χ1) is 18.6. The van der Waals surface area contributed by atoms with Crippen molar-refractivity contribution in [2.75, 3.05) is 0 Å². The Labute approximate surface area is 224 Å². The molecule has 0 aliphatic heterocycles. The van der Waals surface area contributed by atoms with Crippen LogP contribution in [0.1, 0.15) is 61.4 Å². The maximum Gasteiger partial charge on any atom is 0.261 e. The van der Waals surface area contributed by atoms with E-state index in [9.17, 15) is 23.1 Å². The van der Waals surface area contributed by atoms with Crippen LogP contribution in [0.5, 0.6) is 5.88 Å². The highest BCUT2D eigenvalue weighted by Crippen LogP contribution is 2.27. The summed E-state index contributed by atoms with van der Waals surface area (Å²) in [4.78, 5) is 22.0. The number of aromatic hydroxyl groups is 1.